The topological polar surface area (TPSA) is 29.3 Å². The summed E-state index contributed by atoms with van der Waals surface area (Å²) < 4.78 is 0. The third kappa shape index (κ3) is 4.23. The predicted molar refractivity (Wildman–Crippen MR) is 91.4 cm³/mol. The van der Waals surface area contributed by atoms with Crippen LogP contribution in [-0.4, -0.2) is 10.9 Å². The molecule has 0 aromatic heterocycles. The van der Waals surface area contributed by atoms with E-state index >= 15 is 0 Å². The fourth-order valence-electron chi connectivity index (χ4n) is 2.32. The lowest BCUT2D eigenvalue weighted by atomic mass is 10.1. The third-order valence-electron chi connectivity index (χ3n) is 3.74. The van der Waals surface area contributed by atoms with Crippen LogP contribution in [-0.2, 0) is 13.1 Å². The second-order valence-corrected chi connectivity index (χ2v) is 6.20. The molecule has 2 nitrogen and oxygen atoms in total. The molecule has 0 atom stereocenters. The number of halogens is 1. The minimum absolute atomic E-state index is 0.418. The molecule has 21 heavy (non-hydrogen) atoms. The van der Waals surface area contributed by atoms with E-state index in [4.69, 9.17) is 17.3 Å². The third-order valence-corrected chi connectivity index (χ3v) is 4.09. The molecule has 2 aromatic carbocycles. The molecular formula is C18H23ClN2. The highest BCUT2D eigenvalue weighted by molar-refractivity contribution is 6.31. The van der Waals surface area contributed by atoms with Gasteiger partial charge in [0.05, 0.1) is 0 Å². The van der Waals surface area contributed by atoms with Gasteiger partial charge in [0.15, 0.2) is 0 Å². The van der Waals surface area contributed by atoms with Crippen molar-refractivity contribution in [3.63, 3.8) is 0 Å². The molecule has 0 aliphatic rings. The lowest BCUT2D eigenvalue weighted by Crippen LogP contribution is -2.30. The molecule has 0 saturated heterocycles. The number of nitrogens with two attached hydrogens (primary N) is 1. The lowest BCUT2D eigenvalue weighted by molar-refractivity contribution is 0.204. The predicted octanol–water partition coefficient (Wildman–Crippen LogP) is 4.64. The van der Waals surface area contributed by atoms with Crippen molar-refractivity contribution in [2.45, 2.75) is 39.9 Å². The first-order valence-electron chi connectivity index (χ1n) is 7.30. The van der Waals surface area contributed by atoms with Crippen molar-refractivity contribution in [3.8, 4) is 0 Å². The minimum Gasteiger partial charge on any atom is -0.398 e. The number of anilines is 1. The molecular weight excluding hydrogens is 280 g/mol. The van der Waals surface area contributed by atoms with Gasteiger partial charge in [-0.3, -0.25) is 4.90 Å². The van der Waals surface area contributed by atoms with E-state index in [-0.39, 0.29) is 0 Å². The SMILES string of the molecule is Cc1ccc(CN(Cc2ccccc2N)C(C)C)c(Cl)c1. The smallest absolute Gasteiger partial charge is 0.0453 e. The molecule has 0 saturated carbocycles. The molecule has 0 heterocycles. The van der Waals surface area contributed by atoms with Crippen LogP contribution in [0.2, 0.25) is 5.02 Å². The molecule has 2 rings (SSSR count). The number of rotatable bonds is 5. The molecule has 3 heteroatoms. The fraction of sp³-hybridized carbons (Fsp3) is 0.333. The summed E-state index contributed by atoms with van der Waals surface area (Å²) in [5.74, 6) is 0. The van der Waals surface area contributed by atoms with Gasteiger partial charge < -0.3 is 5.73 Å². The van der Waals surface area contributed by atoms with Gasteiger partial charge in [0, 0.05) is 29.8 Å². The highest BCUT2D eigenvalue weighted by atomic mass is 35.5. The summed E-state index contributed by atoms with van der Waals surface area (Å²) in [5.41, 5.74) is 10.4. The normalized spacial score (nSPS) is 11.3. The molecule has 0 aliphatic carbocycles. The number of para-hydroxylation sites is 1. The first-order chi connectivity index (χ1) is 9.97. The summed E-state index contributed by atoms with van der Waals surface area (Å²) in [6, 6.07) is 14.7. The number of aryl methyl sites for hydroxylation is 1. The summed E-state index contributed by atoms with van der Waals surface area (Å²) in [4.78, 5) is 2.38. The molecule has 112 valence electrons. The zero-order valence-electron chi connectivity index (χ0n) is 12.9. The Labute approximate surface area is 132 Å². The number of hydrogen-bond donors (Lipinski definition) is 1. The zero-order chi connectivity index (χ0) is 15.4. The van der Waals surface area contributed by atoms with Crippen LogP contribution < -0.4 is 5.73 Å². The summed E-state index contributed by atoms with van der Waals surface area (Å²) in [7, 11) is 0. The second kappa shape index (κ2) is 6.97. The Morgan fingerprint density at radius 1 is 1.05 bits per heavy atom. The molecule has 0 bridgehead atoms. The quantitative estimate of drug-likeness (QED) is 0.815. The van der Waals surface area contributed by atoms with Gasteiger partial charge in [0.2, 0.25) is 0 Å². The standard InChI is InChI=1S/C18H23ClN2/c1-13(2)21(12-16-6-4-5-7-18(16)20)11-15-9-8-14(3)10-17(15)19/h4-10,13H,11-12,20H2,1-3H3. The van der Waals surface area contributed by atoms with Gasteiger partial charge in [-0.05, 0) is 49.6 Å². The maximum atomic E-state index is 6.36. The van der Waals surface area contributed by atoms with Crippen molar-refractivity contribution in [2.75, 3.05) is 5.73 Å². The van der Waals surface area contributed by atoms with Gasteiger partial charge in [0.25, 0.3) is 0 Å². The van der Waals surface area contributed by atoms with Crippen molar-refractivity contribution in [2.24, 2.45) is 0 Å². The van der Waals surface area contributed by atoms with Crippen LogP contribution in [0.25, 0.3) is 0 Å². The average molecular weight is 303 g/mol. The maximum Gasteiger partial charge on any atom is 0.0453 e. The Kier molecular flexibility index (Phi) is 5.27. The summed E-state index contributed by atoms with van der Waals surface area (Å²) in [5, 5.41) is 0.835. The molecule has 0 aliphatic heterocycles. The van der Waals surface area contributed by atoms with Crippen molar-refractivity contribution in [1.82, 2.24) is 4.90 Å². The van der Waals surface area contributed by atoms with Gasteiger partial charge in [-0.1, -0.05) is 41.9 Å². The number of nitrogen functional groups attached to an aromatic ring is 1. The maximum absolute atomic E-state index is 6.36. The largest absolute Gasteiger partial charge is 0.398 e. The Balaban J connectivity index is 2.18. The van der Waals surface area contributed by atoms with Gasteiger partial charge in [0.1, 0.15) is 0 Å². The van der Waals surface area contributed by atoms with Crippen LogP contribution in [0.5, 0.6) is 0 Å². The molecule has 0 amide bonds. The molecule has 2 N–H and O–H groups in total. The monoisotopic (exact) mass is 302 g/mol. The first kappa shape index (κ1) is 15.9. The van der Waals surface area contributed by atoms with Gasteiger partial charge in [-0.25, -0.2) is 0 Å². The van der Waals surface area contributed by atoms with E-state index in [0.717, 1.165) is 34.9 Å². The van der Waals surface area contributed by atoms with E-state index in [1.165, 1.54) is 5.56 Å². The average Bonchev–Trinajstić information content (AvgIpc) is 2.42. The van der Waals surface area contributed by atoms with E-state index in [1.54, 1.807) is 0 Å². The summed E-state index contributed by atoms with van der Waals surface area (Å²) >= 11 is 6.36. The van der Waals surface area contributed by atoms with E-state index in [2.05, 4.69) is 43.9 Å². The highest BCUT2D eigenvalue weighted by Gasteiger charge is 2.14. The lowest BCUT2D eigenvalue weighted by Gasteiger charge is -2.27. The van der Waals surface area contributed by atoms with Gasteiger partial charge in [-0.15, -0.1) is 0 Å². The second-order valence-electron chi connectivity index (χ2n) is 5.79. The van der Waals surface area contributed by atoms with Crippen molar-refractivity contribution in [1.29, 1.82) is 0 Å². The minimum atomic E-state index is 0.418. The molecule has 0 spiro atoms. The van der Waals surface area contributed by atoms with E-state index in [0.29, 0.717) is 6.04 Å². The number of benzene rings is 2. The number of hydrogen-bond acceptors (Lipinski definition) is 2. The molecule has 2 aromatic rings. The number of nitrogens with zero attached hydrogens (tertiary/aromatic N) is 1. The van der Waals surface area contributed by atoms with Crippen LogP contribution in [0.15, 0.2) is 42.5 Å². The zero-order valence-corrected chi connectivity index (χ0v) is 13.7. The van der Waals surface area contributed by atoms with Gasteiger partial charge in [-0.2, -0.15) is 0 Å². The van der Waals surface area contributed by atoms with Crippen molar-refractivity contribution >= 4 is 17.3 Å². The van der Waals surface area contributed by atoms with Crippen LogP contribution in [0.3, 0.4) is 0 Å². The van der Waals surface area contributed by atoms with Crippen LogP contribution in [0.4, 0.5) is 5.69 Å². The Morgan fingerprint density at radius 3 is 2.33 bits per heavy atom. The van der Waals surface area contributed by atoms with Crippen LogP contribution in [0.1, 0.15) is 30.5 Å². The fourth-order valence-corrected chi connectivity index (χ4v) is 2.61. The molecule has 0 radical (unpaired) electrons. The van der Waals surface area contributed by atoms with Crippen LogP contribution in [0, 0.1) is 6.92 Å². The highest BCUT2D eigenvalue weighted by Crippen LogP contribution is 2.22. The van der Waals surface area contributed by atoms with Crippen LogP contribution >= 0.6 is 11.6 Å². The van der Waals surface area contributed by atoms with E-state index < -0.39 is 0 Å². The van der Waals surface area contributed by atoms with E-state index in [1.807, 2.05) is 24.3 Å². The molecule has 0 fully saturated rings. The Hall–Kier alpha value is -1.51. The van der Waals surface area contributed by atoms with E-state index in [9.17, 15) is 0 Å². The first-order valence-corrected chi connectivity index (χ1v) is 7.67. The Morgan fingerprint density at radius 2 is 1.71 bits per heavy atom. The van der Waals surface area contributed by atoms with Gasteiger partial charge >= 0.3 is 0 Å². The van der Waals surface area contributed by atoms with Crippen molar-refractivity contribution < 1.29 is 0 Å². The summed E-state index contributed by atoms with van der Waals surface area (Å²) in [6.07, 6.45) is 0. The Bertz CT molecular complexity index is 608. The molecule has 0 unspecified atom stereocenters. The summed E-state index contributed by atoms with van der Waals surface area (Å²) in [6.45, 7) is 8.10. The van der Waals surface area contributed by atoms with Crippen molar-refractivity contribution in [3.05, 3.63) is 64.2 Å².